The average Bonchev–Trinajstić information content (AvgIpc) is 2.75. The SMILES string of the molecule is Cc1cccc(C)c1N=C/C(=C/[N-]c1c(C)cccc1C)c1cc(C(F)(F)F)cc(C(F)(F)F)c1. The molecule has 35 heavy (non-hydrogen) atoms. The number of halogens is 6. The van der Waals surface area contributed by atoms with Crippen LogP contribution in [0.3, 0.4) is 0 Å². The molecule has 0 N–H and O–H groups in total. The Labute approximate surface area is 200 Å². The van der Waals surface area contributed by atoms with Gasteiger partial charge in [-0.25, -0.2) is 0 Å². The van der Waals surface area contributed by atoms with E-state index in [4.69, 9.17) is 0 Å². The average molecular weight is 489 g/mol. The third kappa shape index (κ3) is 6.32. The highest BCUT2D eigenvalue weighted by Gasteiger charge is 2.37. The molecule has 8 heteroatoms. The van der Waals surface area contributed by atoms with Crippen LogP contribution in [0.15, 0.2) is 65.8 Å². The van der Waals surface area contributed by atoms with Crippen LogP contribution in [0.4, 0.5) is 37.7 Å². The van der Waals surface area contributed by atoms with Crippen LogP contribution in [-0.2, 0) is 12.4 Å². The molecule has 0 bridgehead atoms. The van der Waals surface area contributed by atoms with Gasteiger partial charge in [0.25, 0.3) is 0 Å². The van der Waals surface area contributed by atoms with E-state index in [-0.39, 0.29) is 17.2 Å². The van der Waals surface area contributed by atoms with Crippen molar-refractivity contribution in [3.8, 4) is 0 Å². The lowest BCUT2D eigenvalue weighted by Crippen LogP contribution is -2.11. The third-order valence-corrected chi connectivity index (χ3v) is 5.47. The molecular weight excluding hydrogens is 466 g/mol. The van der Waals surface area contributed by atoms with Crippen molar-refractivity contribution in [1.82, 2.24) is 0 Å². The molecular formula is C27H23F6N2-. The molecule has 0 aromatic heterocycles. The highest BCUT2D eigenvalue weighted by molar-refractivity contribution is 6.11. The van der Waals surface area contributed by atoms with Crippen molar-refractivity contribution in [2.24, 2.45) is 4.99 Å². The van der Waals surface area contributed by atoms with Gasteiger partial charge >= 0.3 is 12.4 Å². The van der Waals surface area contributed by atoms with Crippen LogP contribution < -0.4 is 0 Å². The molecule has 0 saturated heterocycles. The summed E-state index contributed by atoms with van der Waals surface area (Å²) in [6.45, 7) is 7.26. The Morgan fingerprint density at radius 1 is 0.714 bits per heavy atom. The molecule has 0 heterocycles. The molecule has 0 unspecified atom stereocenters. The van der Waals surface area contributed by atoms with Gasteiger partial charge in [-0.1, -0.05) is 47.5 Å². The van der Waals surface area contributed by atoms with Gasteiger partial charge in [0.2, 0.25) is 0 Å². The smallest absolute Gasteiger partial charge is 0.416 e. The summed E-state index contributed by atoms with van der Waals surface area (Å²) in [6, 6.07) is 12.4. The van der Waals surface area contributed by atoms with Gasteiger partial charge in [-0.2, -0.15) is 32.5 Å². The molecule has 0 aliphatic carbocycles. The second-order valence-corrected chi connectivity index (χ2v) is 8.25. The lowest BCUT2D eigenvalue weighted by atomic mass is 9.99. The first-order chi connectivity index (χ1) is 16.3. The van der Waals surface area contributed by atoms with E-state index in [9.17, 15) is 26.3 Å². The third-order valence-electron chi connectivity index (χ3n) is 5.47. The number of alkyl halides is 6. The van der Waals surface area contributed by atoms with E-state index < -0.39 is 23.5 Å². The van der Waals surface area contributed by atoms with E-state index >= 15 is 0 Å². The van der Waals surface area contributed by atoms with Crippen molar-refractivity contribution in [3.05, 3.63) is 105 Å². The Balaban J connectivity index is 2.20. The number of hydrogen-bond donors (Lipinski definition) is 0. The van der Waals surface area contributed by atoms with Crippen molar-refractivity contribution in [2.45, 2.75) is 40.0 Å². The number of aryl methyl sites for hydroxylation is 4. The standard InChI is InChI=1S/C27H23F6N2/c1-16-7-5-8-17(2)24(16)34-14-21(15-35-25-18(3)9-6-10-19(25)4)20-11-22(26(28,29)30)13-23(12-20)27(31,32)33/h5-15H,1-4H3/q-1/b21-14-,35-15?. The fourth-order valence-corrected chi connectivity index (χ4v) is 3.59. The molecule has 0 amide bonds. The highest BCUT2D eigenvalue weighted by Crippen LogP contribution is 2.38. The van der Waals surface area contributed by atoms with Gasteiger partial charge in [0.15, 0.2) is 0 Å². The predicted molar refractivity (Wildman–Crippen MR) is 127 cm³/mol. The molecule has 0 radical (unpaired) electrons. The molecule has 0 saturated carbocycles. The van der Waals surface area contributed by atoms with E-state index in [0.29, 0.717) is 23.5 Å². The number of benzene rings is 3. The Hall–Kier alpha value is -3.55. The van der Waals surface area contributed by atoms with Crippen molar-refractivity contribution in [2.75, 3.05) is 0 Å². The number of aliphatic imine (C=N–C) groups is 1. The van der Waals surface area contributed by atoms with Gasteiger partial charge in [0, 0.05) is 6.21 Å². The van der Waals surface area contributed by atoms with E-state index in [0.717, 1.165) is 22.3 Å². The highest BCUT2D eigenvalue weighted by atomic mass is 19.4. The Bertz CT molecular complexity index is 1210. The van der Waals surface area contributed by atoms with Gasteiger partial charge in [-0.3, -0.25) is 4.99 Å². The lowest BCUT2D eigenvalue weighted by molar-refractivity contribution is -0.143. The Morgan fingerprint density at radius 3 is 1.63 bits per heavy atom. The molecule has 3 aromatic rings. The summed E-state index contributed by atoms with van der Waals surface area (Å²) in [5.41, 5.74) is 1.31. The summed E-state index contributed by atoms with van der Waals surface area (Å²) in [4.78, 5) is 4.41. The summed E-state index contributed by atoms with van der Waals surface area (Å²) < 4.78 is 80.8. The zero-order valence-electron chi connectivity index (χ0n) is 19.5. The Kier molecular flexibility index (Phi) is 7.43. The van der Waals surface area contributed by atoms with Crippen LogP contribution in [0.25, 0.3) is 10.9 Å². The van der Waals surface area contributed by atoms with Crippen LogP contribution in [0.5, 0.6) is 0 Å². The van der Waals surface area contributed by atoms with E-state index in [1.807, 2.05) is 64.1 Å². The van der Waals surface area contributed by atoms with Crippen LogP contribution in [0, 0.1) is 27.7 Å². The first-order valence-electron chi connectivity index (χ1n) is 10.6. The minimum atomic E-state index is -4.96. The number of para-hydroxylation sites is 2. The number of allylic oxidation sites excluding steroid dienone is 1. The normalized spacial score (nSPS) is 12.9. The molecule has 0 aliphatic heterocycles. The van der Waals surface area contributed by atoms with Gasteiger partial charge < -0.3 is 5.32 Å². The minimum Gasteiger partial charge on any atom is -0.663 e. The summed E-state index contributed by atoms with van der Waals surface area (Å²) in [5.74, 6) is 0. The van der Waals surface area contributed by atoms with Crippen molar-refractivity contribution in [1.29, 1.82) is 0 Å². The molecule has 184 valence electrons. The summed E-state index contributed by atoms with van der Waals surface area (Å²) in [7, 11) is 0. The van der Waals surface area contributed by atoms with Gasteiger partial charge in [-0.15, -0.1) is 5.69 Å². The predicted octanol–water partition coefficient (Wildman–Crippen LogP) is 9.41. The maximum absolute atomic E-state index is 13.5. The van der Waals surface area contributed by atoms with Crippen LogP contribution in [0.1, 0.15) is 38.9 Å². The fraction of sp³-hybridized carbons (Fsp3) is 0.222. The van der Waals surface area contributed by atoms with Gasteiger partial charge in [0.05, 0.1) is 16.8 Å². The van der Waals surface area contributed by atoms with E-state index in [1.54, 1.807) is 0 Å². The summed E-state index contributed by atoms with van der Waals surface area (Å²) in [5, 5.41) is 4.41. The topological polar surface area (TPSA) is 26.5 Å². The van der Waals surface area contributed by atoms with Crippen LogP contribution >= 0.6 is 0 Å². The maximum atomic E-state index is 13.5. The fourth-order valence-electron chi connectivity index (χ4n) is 3.59. The summed E-state index contributed by atoms with van der Waals surface area (Å²) in [6.07, 6.45) is -7.42. The number of hydrogen-bond acceptors (Lipinski definition) is 1. The largest absolute Gasteiger partial charge is 0.663 e. The molecule has 0 aliphatic rings. The zero-order valence-corrected chi connectivity index (χ0v) is 19.5. The van der Waals surface area contributed by atoms with Gasteiger partial charge in [-0.05, 0) is 68.2 Å². The van der Waals surface area contributed by atoms with Gasteiger partial charge in [0.1, 0.15) is 0 Å². The van der Waals surface area contributed by atoms with Crippen LogP contribution in [0.2, 0.25) is 0 Å². The minimum absolute atomic E-state index is 0.00639. The molecule has 0 fully saturated rings. The maximum Gasteiger partial charge on any atom is 0.416 e. The monoisotopic (exact) mass is 489 g/mol. The molecule has 0 spiro atoms. The Morgan fingerprint density at radius 2 is 1.17 bits per heavy atom. The molecule has 2 nitrogen and oxygen atoms in total. The quantitative estimate of drug-likeness (QED) is 0.252. The molecule has 0 atom stereocenters. The number of rotatable bonds is 5. The second kappa shape index (κ2) is 9.98. The first kappa shape index (κ1) is 26.1. The van der Waals surface area contributed by atoms with E-state index in [1.165, 1.54) is 12.4 Å². The lowest BCUT2D eigenvalue weighted by Gasteiger charge is -2.24. The van der Waals surface area contributed by atoms with Crippen LogP contribution in [-0.4, -0.2) is 6.21 Å². The molecule has 3 aromatic carbocycles. The second-order valence-electron chi connectivity index (χ2n) is 8.25. The van der Waals surface area contributed by atoms with Crippen molar-refractivity contribution < 1.29 is 26.3 Å². The zero-order chi connectivity index (χ0) is 26.0. The van der Waals surface area contributed by atoms with Crippen molar-refractivity contribution in [3.63, 3.8) is 0 Å². The molecule has 3 rings (SSSR count). The first-order valence-corrected chi connectivity index (χ1v) is 10.6. The summed E-state index contributed by atoms with van der Waals surface area (Å²) >= 11 is 0. The van der Waals surface area contributed by atoms with E-state index in [2.05, 4.69) is 10.3 Å². The number of nitrogens with zero attached hydrogens (tertiary/aromatic N) is 2. The van der Waals surface area contributed by atoms with Crippen molar-refractivity contribution >= 4 is 23.2 Å².